The molecule has 172 valence electrons. The van der Waals surface area contributed by atoms with Crippen LogP contribution in [0.4, 0.5) is 23.1 Å². The number of nitrogens with zero attached hydrogens (tertiary/aromatic N) is 2. The Labute approximate surface area is 202 Å². The second kappa shape index (κ2) is 9.87. The number of rotatable bonds is 7. The molecule has 5 nitrogen and oxygen atoms in total. The minimum absolute atomic E-state index is 0.342. The van der Waals surface area contributed by atoms with E-state index in [2.05, 4.69) is 64.3 Å². The maximum absolute atomic E-state index is 6.47. The number of halogens is 1. The molecule has 7 heteroatoms. The minimum Gasteiger partial charge on any atom is -0.490 e. The van der Waals surface area contributed by atoms with Crippen molar-refractivity contribution in [1.82, 2.24) is 9.97 Å². The number of aromatic nitrogens is 2. The van der Waals surface area contributed by atoms with Gasteiger partial charge in [-0.2, -0.15) is 4.98 Å². The van der Waals surface area contributed by atoms with Crippen LogP contribution in [0.15, 0.2) is 42.6 Å². The van der Waals surface area contributed by atoms with Crippen molar-refractivity contribution in [2.45, 2.75) is 51.0 Å². The van der Waals surface area contributed by atoms with E-state index in [-0.39, 0.29) is 7.92 Å². The Bertz CT molecular complexity index is 1150. The Morgan fingerprint density at radius 3 is 2.58 bits per heavy atom. The van der Waals surface area contributed by atoms with Gasteiger partial charge in [0.05, 0.1) is 12.3 Å². The SMILES string of the molecule is CP(C)c1cc(OC2CC2)ccc1Nc1nc(Nc2ccc3c(c2)CCCCC3)ncc1Cl. The summed E-state index contributed by atoms with van der Waals surface area (Å²) in [5.74, 6) is 2.06. The molecule has 0 unspecified atom stereocenters. The third-order valence-corrected chi connectivity index (χ3v) is 7.74. The molecular weight excluding hydrogens is 451 g/mol. The van der Waals surface area contributed by atoms with Gasteiger partial charge in [0.2, 0.25) is 5.95 Å². The summed E-state index contributed by atoms with van der Waals surface area (Å²) in [5.41, 5.74) is 4.92. The van der Waals surface area contributed by atoms with E-state index in [1.807, 2.05) is 6.07 Å². The third-order valence-electron chi connectivity index (χ3n) is 6.13. The first-order valence-corrected chi connectivity index (χ1v) is 14.3. The van der Waals surface area contributed by atoms with E-state index >= 15 is 0 Å². The van der Waals surface area contributed by atoms with Gasteiger partial charge in [0.1, 0.15) is 10.8 Å². The number of hydrogen-bond acceptors (Lipinski definition) is 5. The molecule has 2 N–H and O–H groups in total. The molecular formula is C26H30ClN4OP. The van der Waals surface area contributed by atoms with E-state index in [4.69, 9.17) is 16.3 Å². The summed E-state index contributed by atoms with van der Waals surface area (Å²) in [5, 5.41) is 8.53. The van der Waals surface area contributed by atoms with Crippen LogP contribution in [0.2, 0.25) is 5.02 Å². The summed E-state index contributed by atoms with van der Waals surface area (Å²) >= 11 is 6.47. The summed E-state index contributed by atoms with van der Waals surface area (Å²) in [6, 6.07) is 12.8. The number of aryl methyl sites for hydroxylation is 2. The van der Waals surface area contributed by atoms with Crippen molar-refractivity contribution >= 4 is 48.0 Å². The van der Waals surface area contributed by atoms with E-state index in [0.717, 1.165) is 36.4 Å². The van der Waals surface area contributed by atoms with Crippen LogP contribution in [0.5, 0.6) is 5.75 Å². The lowest BCUT2D eigenvalue weighted by Crippen LogP contribution is -2.10. The highest BCUT2D eigenvalue weighted by molar-refractivity contribution is 7.64. The Morgan fingerprint density at radius 2 is 1.79 bits per heavy atom. The van der Waals surface area contributed by atoms with Crippen molar-refractivity contribution in [3.05, 3.63) is 58.7 Å². The molecule has 5 rings (SSSR count). The van der Waals surface area contributed by atoms with Gasteiger partial charge >= 0.3 is 0 Å². The fourth-order valence-corrected chi connectivity index (χ4v) is 5.33. The van der Waals surface area contributed by atoms with Crippen LogP contribution >= 0.6 is 19.5 Å². The molecule has 1 saturated carbocycles. The van der Waals surface area contributed by atoms with E-state index in [1.54, 1.807) is 6.20 Å². The van der Waals surface area contributed by atoms with Crippen molar-refractivity contribution in [3.8, 4) is 5.75 Å². The van der Waals surface area contributed by atoms with Gasteiger partial charge in [0, 0.05) is 16.7 Å². The molecule has 0 amide bonds. The lowest BCUT2D eigenvalue weighted by molar-refractivity contribution is 0.303. The molecule has 1 aromatic heterocycles. The maximum Gasteiger partial charge on any atom is 0.229 e. The average molecular weight is 481 g/mol. The van der Waals surface area contributed by atoms with E-state index in [9.17, 15) is 0 Å². The average Bonchev–Trinajstić information content (AvgIpc) is 3.64. The van der Waals surface area contributed by atoms with Gasteiger partial charge < -0.3 is 15.4 Å². The molecule has 0 aliphatic heterocycles. The highest BCUT2D eigenvalue weighted by Crippen LogP contribution is 2.35. The summed E-state index contributed by atoms with van der Waals surface area (Å²) in [6.07, 6.45) is 10.5. The number of fused-ring (bicyclic) bond motifs is 1. The standard InChI is InChI=1S/C26H30ClN4OP/c1-33(2)24-15-21(32-20-10-11-20)12-13-23(24)30-25-22(27)16-28-26(31-25)29-19-9-8-17-6-4-3-5-7-18(17)14-19/h8-9,12-16,20H,3-7,10-11H2,1-2H3,(H2,28,29,30,31). The van der Waals surface area contributed by atoms with Crippen LogP contribution in [0.25, 0.3) is 0 Å². The number of ether oxygens (including phenoxy) is 1. The quantitative estimate of drug-likeness (QED) is 0.288. The monoisotopic (exact) mass is 480 g/mol. The zero-order valence-corrected chi connectivity index (χ0v) is 20.8. The predicted octanol–water partition coefficient (Wildman–Crippen LogP) is 6.79. The summed E-state index contributed by atoms with van der Waals surface area (Å²) in [7, 11) is -0.342. The van der Waals surface area contributed by atoms with E-state index < -0.39 is 0 Å². The van der Waals surface area contributed by atoms with Crippen LogP contribution in [0.1, 0.15) is 43.2 Å². The Morgan fingerprint density at radius 1 is 0.970 bits per heavy atom. The summed E-state index contributed by atoms with van der Waals surface area (Å²) in [6.45, 7) is 4.48. The van der Waals surface area contributed by atoms with Crippen LogP contribution in [0, 0.1) is 0 Å². The Hall–Kier alpha value is -2.36. The van der Waals surface area contributed by atoms with Crippen LogP contribution in [-0.2, 0) is 12.8 Å². The Kier molecular flexibility index (Phi) is 6.71. The molecule has 1 heterocycles. The van der Waals surface area contributed by atoms with Crippen molar-refractivity contribution in [2.75, 3.05) is 24.0 Å². The van der Waals surface area contributed by atoms with Gasteiger partial charge in [0.15, 0.2) is 5.82 Å². The third kappa shape index (κ3) is 5.59. The molecule has 2 aromatic carbocycles. The van der Waals surface area contributed by atoms with Crippen LogP contribution in [-0.4, -0.2) is 29.4 Å². The topological polar surface area (TPSA) is 59.1 Å². The first-order chi connectivity index (χ1) is 16.0. The normalized spacial score (nSPS) is 15.6. The van der Waals surface area contributed by atoms with Crippen molar-refractivity contribution in [2.24, 2.45) is 0 Å². The summed E-state index contributed by atoms with van der Waals surface area (Å²) in [4.78, 5) is 9.09. The van der Waals surface area contributed by atoms with Crippen LogP contribution < -0.4 is 20.7 Å². The van der Waals surface area contributed by atoms with Crippen molar-refractivity contribution in [3.63, 3.8) is 0 Å². The molecule has 0 saturated heterocycles. The minimum atomic E-state index is -0.342. The van der Waals surface area contributed by atoms with E-state index in [0.29, 0.717) is 22.9 Å². The van der Waals surface area contributed by atoms with Gasteiger partial charge in [-0.25, -0.2) is 4.98 Å². The first kappa shape index (κ1) is 22.4. The largest absolute Gasteiger partial charge is 0.490 e. The lowest BCUT2D eigenvalue weighted by Gasteiger charge is -2.17. The smallest absolute Gasteiger partial charge is 0.229 e. The lowest BCUT2D eigenvalue weighted by atomic mass is 10.0. The fraction of sp³-hybridized carbons (Fsp3) is 0.385. The second-order valence-electron chi connectivity index (χ2n) is 9.07. The fourth-order valence-electron chi connectivity index (χ4n) is 4.20. The number of nitrogens with one attached hydrogen (secondary N) is 2. The number of benzene rings is 2. The zero-order valence-electron chi connectivity index (χ0n) is 19.2. The molecule has 33 heavy (non-hydrogen) atoms. The molecule has 3 aromatic rings. The Balaban J connectivity index is 1.36. The van der Waals surface area contributed by atoms with E-state index in [1.165, 1.54) is 42.1 Å². The number of anilines is 4. The van der Waals surface area contributed by atoms with Gasteiger partial charge in [-0.1, -0.05) is 32.0 Å². The molecule has 2 aliphatic rings. The van der Waals surface area contributed by atoms with Crippen LogP contribution in [0.3, 0.4) is 0 Å². The molecule has 2 aliphatic carbocycles. The molecule has 0 atom stereocenters. The second-order valence-corrected chi connectivity index (χ2v) is 11.8. The zero-order chi connectivity index (χ0) is 22.8. The molecule has 1 fully saturated rings. The summed E-state index contributed by atoms with van der Waals surface area (Å²) < 4.78 is 6.00. The van der Waals surface area contributed by atoms with Crippen molar-refractivity contribution in [1.29, 1.82) is 0 Å². The molecule has 0 radical (unpaired) electrons. The number of hydrogen-bond donors (Lipinski definition) is 2. The molecule has 0 spiro atoms. The molecule has 0 bridgehead atoms. The van der Waals surface area contributed by atoms with Crippen molar-refractivity contribution < 1.29 is 4.74 Å². The first-order valence-electron chi connectivity index (χ1n) is 11.7. The van der Waals surface area contributed by atoms with Gasteiger partial charge in [-0.3, -0.25) is 0 Å². The highest BCUT2D eigenvalue weighted by atomic mass is 35.5. The van der Waals surface area contributed by atoms with Gasteiger partial charge in [0.25, 0.3) is 0 Å². The highest BCUT2D eigenvalue weighted by Gasteiger charge is 2.24. The maximum atomic E-state index is 6.47. The van der Waals surface area contributed by atoms with Gasteiger partial charge in [-0.05, 0) is 93.3 Å². The van der Waals surface area contributed by atoms with Gasteiger partial charge in [-0.15, -0.1) is 0 Å². The predicted molar refractivity (Wildman–Crippen MR) is 140 cm³/mol.